The molecule has 0 saturated heterocycles. The van der Waals surface area contributed by atoms with Crippen LogP contribution in [0.4, 0.5) is 4.79 Å². The zero-order valence-electron chi connectivity index (χ0n) is 12.8. The van der Waals surface area contributed by atoms with Gasteiger partial charge in [-0.15, -0.1) is 0 Å². The number of esters is 1. The van der Waals surface area contributed by atoms with E-state index in [0.717, 1.165) is 0 Å². The maximum atomic E-state index is 11.7. The Labute approximate surface area is 119 Å². The van der Waals surface area contributed by atoms with Crippen molar-refractivity contribution in [2.75, 3.05) is 26.7 Å². The van der Waals surface area contributed by atoms with Gasteiger partial charge in [-0.1, -0.05) is 0 Å². The molecular formula is C13H24N2O5. The number of hydrogen-bond acceptors (Lipinski definition) is 5. The van der Waals surface area contributed by atoms with Gasteiger partial charge in [0.1, 0.15) is 12.1 Å². The van der Waals surface area contributed by atoms with Gasteiger partial charge in [0.15, 0.2) is 0 Å². The summed E-state index contributed by atoms with van der Waals surface area (Å²) in [6.07, 6.45) is -0.479. The number of hydrogen-bond donors (Lipinski definition) is 1. The third kappa shape index (κ3) is 9.18. The molecule has 7 nitrogen and oxygen atoms in total. The zero-order chi connectivity index (χ0) is 15.8. The number of nitrogens with one attached hydrogen (secondary N) is 1. The number of rotatable bonds is 6. The number of carbonyl (C=O) groups excluding carboxylic acids is 3. The SMILES string of the molecule is CCOC(=O)CN(C)C(=O)CCNC(=O)OC(C)(C)C. The lowest BCUT2D eigenvalue weighted by atomic mass is 10.2. The normalized spacial score (nSPS) is 10.7. The summed E-state index contributed by atoms with van der Waals surface area (Å²) in [5.74, 6) is -0.711. The van der Waals surface area contributed by atoms with E-state index in [-0.39, 0.29) is 32.0 Å². The van der Waals surface area contributed by atoms with Crippen molar-refractivity contribution in [1.82, 2.24) is 10.2 Å². The van der Waals surface area contributed by atoms with Crippen molar-refractivity contribution in [3.8, 4) is 0 Å². The number of carbonyl (C=O) groups is 3. The standard InChI is InChI=1S/C13H24N2O5/c1-6-19-11(17)9-15(5)10(16)7-8-14-12(18)20-13(2,3)4/h6-9H2,1-5H3,(H,14,18). The highest BCUT2D eigenvalue weighted by atomic mass is 16.6. The molecule has 0 aliphatic rings. The van der Waals surface area contributed by atoms with Gasteiger partial charge < -0.3 is 19.7 Å². The molecule has 0 aromatic carbocycles. The second-order valence-corrected chi connectivity index (χ2v) is 5.23. The quantitative estimate of drug-likeness (QED) is 0.735. The maximum absolute atomic E-state index is 11.7. The van der Waals surface area contributed by atoms with E-state index in [0.29, 0.717) is 0 Å². The highest BCUT2D eigenvalue weighted by Crippen LogP contribution is 2.06. The smallest absolute Gasteiger partial charge is 0.407 e. The fraction of sp³-hybridized carbons (Fsp3) is 0.769. The Balaban J connectivity index is 3.93. The predicted octanol–water partition coefficient (Wildman–Crippen LogP) is 0.923. The highest BCUT2D eigenvalue weighted by molar-refractivity contribution is 5.82. The molecule has 116 valence electrons. The molecular weight excluding hydrogens is 264 g/mol. The van der Waals surface area contributed by atoms with Crippen molar-refractivity contribution < 1.29 is 23.9 Å². The summed E-state index contributed by atoms with van der Waals surface area (Å²) in [6, 6.07) is 0. The molecule has 0 saturated carbocycles. The molecule has 0 bridgehead atoms. The molecule has 0 spiro atoms. The summed E-state index contributed by atoms with van der Waals surface area (Å²) in [4.78, 5) is 35.5. The van der Waals surface area contributed by atoms with E-state index >= 15 is 0 Å². The van der Waals surface area contributed by atoms with Crippen LogP contribution in [-0.2, 0) is 19.1 Å². The van der Waals surface area contributed by atoms with Crippen LogP contribution in [0.15, 0.2) is 0 Å². The summed E-state index contributed by atoms with van der Waals surface area (Å²) in [5, 5.41) is 2.48. The minimum absolute atomic E-state index is 0.0924. The lowest BCUT2D eigenvalue weighted by Crippen LogP contribution is -2.37. The van der Waals surface area contributed by atoms with Gasteiger partial charge in [-0.2, -0.15) is 0 Å². The Bertz CT molecular complexity index is 349. The van der Waals surface area contributed by atoms with Crippen molar-refractivity contribution in [2.24, 2.45) is 0 Å². The van der Waals surface area contributed by atoms with Gasteiger partial charge in [-0.25, -0.2) is 4.79 Å². The molecule has 20 heavy (non-hydrogen) atoms. The second-order valence-electron chi connectivity index (χ2n) is 5.23. The van der Waals surface area contributed by atoms with Gasteiger partial charge in [-0.05, 0) is 27.7 Å². The maximum Gasteiger partial charge on any atom is 0.407 e. The monoisotopic (exact) mass is 288 g/mol. The minimum atomic E-state index is -0.575. The van der Waals surface area contributed by atoms with Crippen LogP contribution in [0.5, 0.6) is 0 Å². The first-order chi connectivity index (χ1) is 9.15. The molecule has 7 heteroatoms. The Kier molecular flexibility index (Phi) is 7.64. The lowest BCUT2D eigenvalue weighted by Gasteiger charge is -2.20. The largest absolute Gasteiger partial charge is 0.465 e. The molecule has 0 rings (SSSR count). The van der Waals surface area contributed by atoms with Crippen LogP contribution in [0.1, 0.15) is 34.1 Å². The summed E-state index contributed by atoms with van der Waals surface area (Å²) in [5.41, 5.74) is -0.575. The van der Waals surface area contributed by atoms with E-state index in [9.17, 15) is 14.4 Å². The Morgan fingerprint density at radius 2 is 1.80 bits per heavy atom. The van der Waals surface area contributed by atoms with Crippen LogP contribution in [0.25, 0.3) is 0 Å². The van der Waals surface area contributed by atoms with Gasteiger partial charge in [-0.3, -0.25) is 9.59 Å². The van der Waals surface area contributed by atoms with Crippen molar-refractivity contribution in [2.45, 2.75) is 39.7 Å². The van der Waals surface area contributed by atoms with Gasteiger partial charge >= 0.3 is 12.1 Å². The molecule has 2 amide bonds. The number of nitrogens with zero attached hydrogens (tertiary/aromatic N) is 1. The van der Waals surface area contributed by atoms with E-state index in [1.54, 1.807) is 27.7 Å². The third-order valence-electron chi connectivity index (χ3n) is 2.10. The second kappa shape index (κ2) is 8.39. The molecule has 0 aromatic rings. The van der Waals surface area contributed by atoms with Crippen LogP contribution in [0, 0.1) is 0 Å². The van der Waals surface area contributed by atoms with Crippen LogP contribution in [0.3, 0.4) is 0 Å². The molecule has 0 fully saturated rings. The van der Waals surface area contributed by atoms with Crippen molar-refractivity contribution in [3.05, 3.63) is 0 Å². The molecule has 0 unspecified atom stereocenters. The van der Waals surface area contributed by atoms with Crippen LogP contribution >= 0.6 is 0 Å². The molecule has 0 heterocycles. The zero-order valence-corrected chi connectivity index (χ0v) is 12.8. The third-order valence-corrected chi connectivity index (χ3v) is 2.10. The molecule has 0 radical (unpaired) electrons. The van der Waals surface area contributed by atoms with E-state index < -0.39 is 17.7 Å². The first-order valence-corrected chi connectivity index (χ1v) is 6.52. The summed E-state index contributed by atoms with van der Waals surface area (Å²) >= 11 is 0. The lowest BCUT2D eigenvalue weighted by molar-refractivity contribution is -0.148. The molecule has 0 aromatic heterocycles. The minimum Gasteiger partial charge on any atom is -0.465 e. The average molecular weight is 288 g/mol. The number of likely N-dealkylation sites (N-methyl/N-ethyl adjacent to an activating group) is 1. The Morgan fingerprint density at radius 1 is 1.20 bits per heavy atom. The summed E-state index contributed by atoms with van der Waals surface area (Å²) < 4.78 is 9.77. The molecule has 0 aliphatic heterocycles. The number of alkyl carbamates (subject to hydrolysis) is 1. The van der Waals surface area contributed by atoms with Crippen LogP contribution in [-0.4, -0.2) is 55.2 Å². The van der Waals surface area contributed by atoms with E-state index in [1.165, 1.54) is 11.9 Å². The Hall–Kier alpha value is -1.79. The average Bonchev–Trinajstić information content (AvgIpc) is 2.26. The molecule has 1 N–H and O–H groups in total. The first-order valence-electron chi connectivity index (χ1n) is 6.52. The van der Waals surface area contributed by atoms with Gasteiger partial charge in [0.2, 0.25) is 5.91 Å². The molecule has 0 aliphatic carbocycles. The van der Waals surface area contributed by atoms with Crippen LogP contribution < -0.4 is 5.32 Å². The van der Waals surface area contributed by atoms with E-state index in [1.807, 2.05) is 0 Å². The van der Waals surface area contributed by atoms with Crippen LogP contribution in [0.2, 0.25) is 0 Å². The van der Waals surface area contributed by atoms with E-state index in [4.69, 9.17) is 9.47 Å². The van der Waals surface area contributed by atoms with Crippen molar-refractivity contribution >= 4 is 18.0 Å². The van der Waals surface area contributed by atoms with Gasteiger partial charge in [0, 0.05) is 20.0 Å². The van der Waals surface area contributed by atoms with E-state index in [2.05, 4.69) is 5.32 Å². The molecule has 0 atom stereocenters. The van der Waals surface area contributed by atoms with Crippen molar-refractivity contribution in [3.63, 3.8) is 0 Å². The Morgan fingerprint density at radius 3 is 2.30 bits per heavy atom. The number of ether oxygens (including phenoxy) is 2. The fourth-order valence-electron chi connectivity index (χ4n) is 1.26. The van der Waals surface area contributed by atoms with Gasteiger partial charge in [0.05, 0.1) is 6.61 Å². The number of amides is 2. The highest BCUT2D eigenvalue weighted by Gasteiger charge is 2.17. The summed E-state index contributed by atoms with van der Waals surface area (Å²) in [7, 11) is 1.51. The first kappa shape index (κ1) is 18.2. The van der Waals surface area contributed by atoms with Gasteiger partial charge in [0.25, 0.3) is 0 Å². The van der Waals surface area contributed by atoms with Crippen molar-refractivity contribution in [1.29, 1.82) is 0 Å². The fourth-order valence-corrected chi connectivity index (χ4v) is 1.26. The predicted molar refractivity (Wildman–Crippen MR) is 73.1 cm³/mol. The topological polar surface area (TPSA) is 84.9 Å². The summed E-state index contributed by atoms with van der Waals surface area (Å²) in [6.45, 7) is 7.30.